The molecule has 2 amide bonds. The van der Waals surface area contributed by atoms with Gasteiger partial charge in [-0.25, -0.2) is 0 Å². The molecule has 2 rings (SSSR count). The van der Waals surface area contributed by atoms with Crippen molar-refractivity contribution in [2.75, 3.05) is 5.32 Å². The summed E-state index contributed by atoms with van der Waals surface area (Å²) < 4.78 is 0. The Hall–Kier alpha value is -3.40. The minimum absolute atomic E-state index is 0.223. The first-order valence-electron chi connectivity index (χ1n) is 7.87. The number of carbonyl (C=O) groups is 2. The van der Waals surface area contributed by atoms with E-state index < -0.39 is 0 Å². The van der Waals surface area contributed by atoms with Crippen LogP contribution in [0.3, 0.4) is 0 Å². The van der Waals surface area contributed by atoms with Crippen molar-refractivity contribution in [1.29, 1.82) is 0 Å². The van der Waals surface area contributed by atoms with Gasteiger partial charge in [0.2, 0.25) is 0 Å². The van der Waals surface area contributed by atoms with Gasteiger partial charge in [-0.05, 0) is 55.5 Å². The molecule has 0 saturated heterocycles. The predicted molar refractivity (Wildman–Crippen MR) is 101 cm³/mol. The van der Waals surface area contributed by atoms with Crippen molar-refractivity contribution in [3.8, 4) is 0 Å². The van der Waals surface area contributed by atoms with Crippen LogP contribution in [-0.2, 0) is 0 Å². The van der Waals surface area contributed by atoms with Gasteiger partial charge in [-0.3, -0.25) is 9.59 Å². The summed E-state index contributed by atoms with van der Waals surface area (Å²) in [4.78, 5) is 24.5. The smallest absolute Gasteiger partial charge is 0.255 e. The van der Waals surface area contributed by atoms with Crippen LogP contribution in [-0.4, -0.2) is 11.8 Å². The minimum Gasteiger partial charge on any atom is -0.322 e. The first-order chi connectivity index (χ1) is 12.1. The zero-order valence-corrected chi connectivity index (χ0v) is 14.0. The van der Waals surface area contributed by atoms with Crippen molar-refractivity contribution in [2.24, 2.45) is 0 Å². The molecule has 0 aliphatic rings. The average Bonchev–Trinajstić information content (AvgIpc) is 2.63. The number of carbonyl (C=O) groups excluding carboxylic acids is 2. The van der Waals surface area contributed by atoms with Crippen LogP contribution in [0.5, 0.6) is 0 Å². The van der Waals surface area contributed by atoms with Crippen LogP contribution in [0, 0.1) is 0 Å². The number of hydrogen-bond acceptors (Lipinski definition) is 2. The van der Waals surface area contributed by atoms with Crippen molar-refractivity contribution >= 4 is 17.5 Å². The Kier molecular flexibility index (Phi) is 6.48. The standard InChI is InChI=1S/C21H20N2O2/c1-3-8-18(9-4-2)22-20(24)16-12-14-17(15-13-16)21(25)23-19-10-6-5-7-11-19/h3-15H,1H2,2H3,(H,22,24)(H,23,25)/b9-4-,18-8+. The lowest BCUT2D eigenvalue weighted by atomic mass is 10.1. The predicted octanol–water partition coefficient (Wildman–Crippen LogP) is 4.31. The van der Waals surface area contributed by atoms with Gasteiger partial charge in [0, 0.05) is 22.5 Å². The Bertz CT molecular complexity index is 804. The van der Waals surface area contributed by atoms with Gasteiger partial charge in [-0.15, -0.1) is 0 Å². The van der Waals surface area contributed by atoms with Crippen molar-refractivity contribution in [3.63, 3.8) is 0 Å². The van der Waals surface area contributed by atoms with Crippen LogP contribution >= 0.6 is 0 Å². The van der Waals surface area contributed by atoms with E-state index in [1.54, 1.807) is 42.5 Å². The normalized spacial score (nSPS) is 11.2. The van der Waals surface area contributed by atoms with Crippen LogP contribution in [0.1, 0.15) is 27.6 Å². The highest BCUT2D eigenvalue weighted by atomic mass is 16.2. The third kappa shape index (κ3) is 5.32. The molecule has 2 aromatic carbocycles. The Morgan fingerprint density at radius 1 is 0.920 bits per heavy atom. The second-order valence-electron chi connectivity index (χ2n) is 5.21. The van der Waals surface area contributed by atoms with Crippen LogP contribution in [0.2, 0.25) is 0 Å². The first kappa shape index (κ1) is 17.9. The molecule has 0 saturated carbocycles. The van der Waals surface area contributed by atoms with E-state index in [2.05, 4.69) is 17.2 Å². The number of allylic oxidation sites excluding steroid dienone is 4. The van der Waals surface area contributed by atoms with Gasteiger partial charge < -0.3 is 10.6 Å². The molecule has 126 valence electrons. The Labute approximate surface area is 147 Å². The number of anilines is 1. The average molecular weight is 332 g/mol. The SMILES string of the molecule is C=C/C=C(\C=C/C)NC(=O)c1ccc(C(=O)Nc2ccccc2)cc1. The summed E-state index contributed by atoms with van der Waals surface area (Å²) in [6, 6.07) is 15.7. The number of nitrogens with one attached hydrogen (secondary N) is 2. The fourth-order valence-corrected chi connectivity index (χ4v) is 2.15. The van der Waals surface area contributed by atoms with Gasteiger partial charge in [0.15, 0.2) is 0 Å². The van der Waals surface area contributed by atoms with Crippen molar-refractivity contribution in [2.45, 2.75) is 6.92 Å². The monoisotopic (exact) mass is 332 g/mol. The molecular formula is C21H20N2O2. The van der Waals surface area contributed by atoms with Gasteiger partial charge >= 0.3 is 0 Å². The lowest BCUT2D eigenvalue weighted by Crippen LogP contribution is -2.22. The summed E-state index contributed by atoms with van der Waals surface area (Å²) in [6.07, 6.45) is 6.92. The molecule has 4 heteroatoms. The lowest BCUT2D eigenvalue weighted by molar-refractivity contribution is 0.0965. The summed E-state index contributed by atoms with van der Waals surface area (Å²) in [5.74, 6) is -0.472. The summed E-state index contributed by atoms with van der Waals surface area (Å²) >= 11 is 0. The van der Waals surface area contributed by atoms with E-state index in [1.165, 1.54) is 0 Å². The van der Waals surface area contributed by atoms with Gasteiger partial charge in [-0.1, -0.05) is 36.9 Å². The fraction of sp³-hybridized carbons (Fsp3) is 0.0476. The summed E-state index contributed by atoms with van der Waals surface area (Å²) in [7, 11) is 0. The highest BCUT2D eigenvalue weighted by molar-refractivity contribution is 6.05. The zero-order valence-electron chi connectivity index (χ0n) is 14.0. The Morgan fingerprint density at radius 3 is 2.08 bits per heavy atom. The molecule has 0 atom stereocenters. The third-order valence-corrected chi connectivity index (χ3v) is 3.34. The van der Waals surface area contributed by atoms with Gasteiger partial charge in [0.05, 0.1) is 0 Å². The van der Waals surface area contributed by atoms with Crippen LogP contribution in [0.25, 0.3) is 0 Å². The Morgan fingerprint density at radius 2 is 1.52 bits per heavy atom. The molecule has 4 nitrogen and oxygen atoms in total. The maximum absolute atomic E-state index is 12.3. The molecule has 0 aromatic heterocycles. The van der Waals surface area contributed by atoms with Crippen molar-refractivity contribution in [3.05, 3.63) is 102 Å². The molecular weight excluding hydrogens is 312 g/mol. The van der Waals surface area contributed by atoms with Gasteiger partial charge in [-0.2, -0.15) is 0 Å². The molecule has 0 aliphatic carbocycles. The van der Waals surface area contributed by atoms with Crippen LogP contribution < -0.4 is 10.6 Å². The minimum atomic E-state index is -0.249. The molecule has 0 radical (unpaired) electrons. The zero-order chi connectivity index (χ0) is 18.1. The van der Waals surface area contributed by atoms with E-state index in [0.29, 0.717) is 16.8 Å². The molecule has 0 heterocycles. The molecule has 0 unspecified atom stereocenters. The lowest BCUT2D eigenvalue weighted by Gasteiger charge is -2.08. The summed E-state index contributed by atoms with van der Waals surface area (Å²) in [5, 5.41) is 5.59. The maximum atomic E-state index is 12.3. The van der Waals surface area contributed by atoms with E-state index in [0.717, 1.165) is 5.69 Å². The fourth-order valence-electron chi connectivity index (χ4n) is 2.15. The first-order valence-corrected chi connectivity index (χ1v) is 7.87. The second-order valence-corrected chi connectivity index (χ2v) is 5.21. The number of amides is 2. The summed E-state index contributed by atoms with van der Waals surface area (Å²) in [5.41, 5.74) is 2.32. The van der Waals surface area contributed by atoms with Crippen LogP contribution in [0.4, 0.5) is 5.69 Å². The van der Waals surface area contributed by atoms with E-state index in [9.17, 15) is 9.59 Å². The number of benzene rings is 2. The highest BCUT2D eigenvalue weighted by Gasteiger charge is 2.09. The van der Waals surface area contributed by atoms with Crippen molar-refractivity contribution < 1.29 is 9.59 Å². The molecule has 0 bridgehead atoms. The Balaban J connectivity index is 2.06. The second kappa shape index (κ2) is 9.03. The molecule has 2 aromatic rings. The van der Waals surface area contributed by atoms with Gasteiger partial charge in [0.1, 0.15) is 0 Å². The van der Waals surface area contributed by atoms with E-state index in [4.69, 9.17) is 0 Å². The molecule has 0 spiro atoms. The van der Waals surface area contributed by atoms with Crippen molar-refractivity contribution in [1.82, 2.24) is 5.32 Å². The molecule has 0 fully saturated rings. The van der Waals surface area contributed by atoms with E-state index in [1.807, 2.05) is 43.3 Å². The summed E-state index contributed by atoms with van der Waals surface area (Å²) in [6.45, 7) is 5.49. The largest absolute Gasteiger partial charge is 0.322 e. The number of hydrogen-bond donors (Lipinski definition) is 2. The maximum Gasteiger partial charge on any atom is 0.255 e. The van der Waals surface area contributed by atoms with Gasteiger partial charge in [0.25, 0.3) is 11.8 Å². The topological polar surface area (TPSA) is 58.2 Å². The quantitative estimate of drug-likeness (QED) is 0.774. The van der Waals surface area contributed by atoms with Crippen LogP contribution in [0.15, 0.2) is 91.2 Å². The molecule has 25 heavy (non-hydrogen) atoms. The number of para-hydroxylation sites is 1. The van der Waals surface area contributed by atoms with E-state index in [-0.39, 0.29) is 11.8 Å². The molecule has 2 N–H and O–H groups in total. The molecule has 0 aliphatic heterocycles. The van der Waals surface area contributed by atoms with E-state index >= 15 is 0 Å². The highest BCUT2D eigenvalue weighted by Crippen LogP contribution is 2.10. The third-order valence-electron chi connectivity index (χ3n) is 3.34. The number of rotatable bonds is 6.